The fraction of sp³-hybridized carbons (Fsp3) is 0.310. The van der Waals surface area contributed by atoms with Crippen LogP contribution in [0.1, 0.15) is 114 Å². The molecule has 96 heavy (non-hydrogen) atoms. The van der Waals surface area contributed by atoms with Gasteiger partial charge in [-0.2, -0.15) is 0 Å². The predicted octanol–water partition coefficient (Wildman–Crippen LogP) is 12.7. The third-order valence-corrected chi connectivity index (χ3v) is 21.8. The van der Waals surface area contributed by atoms with Gasteiger partial charge >= 0.3 is 11.9 Å². The molecule has 0 spiro atoms. The number of thiophene rings is 1. The first-order valence-electron chi connectivity index (χ1n) is 31.5. The third-order valence-electron chi connectivity index (χ3n) is 17.1. The predicted molar refractivity (Wildman–Crippen MR) is 371 cm³/mol. The number of hydrogen-bond donors (Lipinski definition) is 5. The lowest BCUT2D eigenvalue weighted by Gasteiger charge is -2.27. The van der Waals surface area contributed by atoms with Crippen molar-refractivity contribution in [3.63, 3.8) is 0 Å². The highest BCUT2D eigenvalue weighted by molar-refractivity contribution is 8.01. The molecule has 3 atom stereocenters. The minimum atomic E-state index is -1.09. The number of carbonyl (C=O) groups is 8. The van der Waals surface area contributed by atoms with E-state index in [-0.39, 0.29) is 91.6 Å². The highest BCUT2D eigenvalue weighted by atomic mass is 32.2. The van der Waals surface area contributed by atoms with Crippen molar-refractivity contribution in [2.75, 3.05) is 40.3 Å². The molecule has 25 heteroatoms. The van der Waals surface area contributed by atoms with Crippen LogP contribution in [0.25, 0.3) is 10.1 Å². The van der Waals surface area contributed by atoms with Gasteiger partial charge in [-0.25, -0.2) is 28.9 Å². The Balaban J connectivity index is 0.000000146. The molecular weight excluding hydrogens is 1300 g/mol. The van der Waals surface area contributed by atoms with Crippen LogP contribution in [0.5, 0.6) is 5.75 Å². The van der Waals surface area contributed by atoms with Gasteiger partial charge in [0.15, 0.2) is 0 Å². The molecule has 7 heterocycles. The summed E-state index contributed by atoms with van der Waals surface area (Å²) in [5.74, 6) is -0.519. The number of thioether (sulfide) groups is 3. The van der Waals surface area contributed by atoms with E-state index in [4.69, 9.17) is 14.9 Å². The summed E-state index contributed by atoms with van der Waals surface area (Å²) in [7, 11) is 1.62. The molecule has 3 aliphatic heterocycles. The first-order valence-corrected chi connectivity index (χ1v) is 35.6. The fourth-order valence-corrected chi connectivity index (χ4v) is 16.8. The number of ether oxygens (including phenoxy) is 1. The summed E-state index contributed by atoms with van der Waals surface area (Å²) in [6, 6.07) is 33.4. The fourth-order valence-electron chi connectivity index (χ4n) is 12.4. The molecule has 0 bridgehead atoms. The molecule has 0 fully saturated rings. The molecule has 6 aliphatic rings. The normalized spacial score (nSPS) is 18.0. The lowest BCUT2D eigenvalue weighted by molar-refractivity contribution is -0.127. The van der Waals surface area contributed by atoms with E-state index >= 15 is 0 Å². The van der Waals surface area contributed by atoms with Gasteiger partial charge in [0.1, 0.15) is 45.1 Å². The van der Waals surface area contributed by atoms with Crippen molar-refractivity contribution in [1.29, 1.82) is 0 Å². The van der Waals surface area contributed by atoms with Crippen molar-refractivity contribution in [1.82, 2.24) is 29.7 Å². The van der Waals surface area contributed by atoms with Crippen LogP contribution in [0, 0.1) is 5.82 Å². The summed E-state index contributed by atoms with van der Waals surface area (Å²) in [5.41, 5.74) is 9.24. The van der Waals surface area contributed by atoms with Gasteiger partial charge in [-0.1, -0.05) is 42.5 Å². The lowest BCUT2D eigenvalue weighted by atomic mass is 9.94. The van der Waals surface area contributed by atoms with E-state index in [2.05, 4.69) is 60.5 Å². The van der Waals surface area contributed by atoms with Crippen LogP contribution in [-0.4, -0.2) is 128 Å². The van der Waals surface area contributed by atoms with Crippen molar-refractivity contribution in [3.05, 3.63) is 206 Å². The summed E-state index contributed by atoms with van der Waals surface area (Å²) in [6.07, 6.45) is 15.3. The number of methoxy groups -OCH3 is 1. The van der Waals surface area contributed by atoms with Gasteiger partial charge < -0.3 is 45.6 Å². The zero-order valence-electron chi connectivity index (χ0n) is 52.5. The van der Waals surface area contributed by atoms with Gasteiger partial charge in [0, 0.05) is 59.6 Å². The van der Waals surface area contributed by atoms with Crippen LogP contribution < -0.4 is 20.7 Å². The third kappa shape index (κ3) is 16.9. The number of fused-ring (bicyclic) bond motifs is 1. The second-order valence-electron chi connectivity index (χ2n) is 23.5. The van der Waals surface area contributed by atoms with E-state index < -0.39 is 11.9 Å². The molecule has 4 aromatic heterocycles. The molecular formula is C71H70FN9O11S4. The number of anilines is 3. The SMILES string of the molecule is COc1ccc(CN2C(=O)C3=C(CCCC3)C2SCC(=O)Nc2ccc(C(=O)O)cn2)cc1.O=C(CSC1C2=C(CCCC2)C(=O)N1Cc1ccc(F)cc1)Nc1ccc(C(=O)O)cn1.O=C(CSC1C2=C(CCCC2)C(=O)N1Cc1ccc2ccsc2c1)Nc1ccccn1. The smallest absolute Gasteiger partial charge is 0.337 e. The van der Waals surface area contributed by atoms with Gasteiger partial charge in [-0.3, -0.25) is 28.8 Å². The number of halogens is 1. The summed E-state index contributed by atoms with van der Waals surface area (Å²) >= 11 is 6.07. The number of aromatic carboxylic acids is 2. The summed E-state index contributed by atoms with van der Waals surface area (Å²) in [6.45, 7) is 1.39. The number of carboxylic acids is 2. The molecule has 5 N–H and O–H groups in total. The van der Waals surface area contributed by atoms with Crippen LogP contribution in [0.15, 0.2) is 173 Å². The number of aromatic nitrogens is 3. The first kappa shape index (κ1) is 68.2. The Labute approximate surface area is 570 Å². The average Bonchev–Trinajstić information content (AvgIpc) is 1.65. The molecule has 0 saturated carbocycles. The second-order valence-corrected chi connectivity index (χ2v) is 27.7. The van der Waals surface area contributed by atoms with E-state index in [0.29, 0.717) is 31.3 Å². The van der Waals surface area contributed by atoms with E-state index in [1.54, 1.807) is 59.5 Å². The lowest BCUT2D eigenvalue weighted by Crippen LogP contribution is -2.34. The number of carboxylic acid groups (broad SMARTS) is 2. The quantitative estimate of drug-likeness (QED) is 0.0447. The van der Waals surface area contributed by atoms with Gasteiger partial charge in [-0.15, -0.1) is 46.6 Å². The number of amides is 6. The topological polar surface area (TPSA) is 271 Å². The molecule has 0 saturated heterocycles. The molecule has 13 rings (SSSR count). The summed E-state index contributed by atoms with van der Waals surface area (Å²) in [4.78, 5) is 117. The van der Waals surface area contributed by atoms with Gasteiger partial charge in [0.2, 0.25) is 17.7 Å². The second kappa shape index (κ2) is 32.0. The first-order chi connectivity index (χ1) is 46.6. The van der Waals surface area contributed by atoms with Crippen molar-refractivity contribution < 1.29 is 57.7 Å². The van der Waals surface area contributed by atoms with Crippen LogP contribution >= 0.6 is 46.6 Å². The Bertz CT molecular complexity index is 4150. The highest BCUT2D eigenvalue weighted by Crippen LogP contribution is 2.45. The highest BCUT2D eigenvalue weighted by Gasteiger charge is 2.43. The molecule has 3 aliphatic carbocycles. The molecule has 3 unspecified atom stereocenters. The van der Waals surface area contributed by atoms with Gasteiger partial charge in [0.05, 0.1) is 35.5 Å². The van der Waals surface area contributed by atoms with Gasteiger partial charge in [-0.05, 0) is 194 Å². The molecule has 6 amide bonds. The molecule has 20 nitrogen and oxygen atoms in total. The maximum absolute atomic E-state index is 13.3. The summed E-state index contributed by atoms with van der Waals surface area (Å²) < 4.78 is 19.7. The van der Waals surface area contributed by atoms with E-state index in [0.717, 1.165) is 127 Å². The van der Waals surface area contributed by atoms with Crippen LogP contribution in [0.4, 0.5) is 21.8 Å². The number of carbonyl (C=O) groups excluding carboxylic acids is 6. The number of pyridine rings is 3. The monoisotopic (exact) mass is 1370 g/mol. The largest absolute Gasteiger partial charge is 0.497 e. The molecule has 7 aromatic rings. The Morgan fingerprint density at radius 3 is 1.34 bits per heavy atom. The van der Waals surface area contributed by atoms with Gasteiger partial charge in [0.25, 0.3) is 17.7 Å². The van der Waals surface area contributed by atoms with E-state index in [9.17, 15) is 42.7 Å². The number of benzene rings is 3. The van der Waals surface area contributed by atoms with Crippen LogP contribution in [0.3, 0.4) is 0 Å². The van der Waals surface area contributed by atoms with Crippen LogP contribution in [0.2, 0.25) is 0 Å². The molecule has 3 aromatic carbocycles. The minimum absolute atomic E-state index is 0.00661. The zero-order chi connectivity index (χ0) is 67.2. The molecule has 0 radical (unpaired) electrons. The number of hydrogen-bond acceptors (Lipinski definition) is 16. The number of rotatable bonds is 21. The van der Waals surface area contributed by atoms with Crippen molar-refractivity contribution >= 4 is 122 Å². The molecule has 496 valence electrons. The van der Waals surface area contributed by atoms with E-state index in [1.165, 1.54) is 88.0 Å². The zero-order valence-corrected chi connectivity index (χ0v) is 55.8. The Kier molecular flexibility index (Phi) is 22.8. The van der Waals surface area contributed by atoms with Crippen LogP contribution in [-0.2, 0) is 48.4 Å². The minimum Gasteiger partial charge on any atom is -0.497 e. The maximum atomic E-state index is 13.3. The maximum Gasteiger partial charge on any atom is 0.337 e. The van der Waals surface area contributed by atoms with Crippen molar-refractivity contribution in [2.24, 2.45) is 0 Å². The number of nitrogens with one attached hydrogen (secondary N) is 3. The Morgan fingerprint density at radius 1 is 0.521 bits per heavy atom. The van der Waals surface area contributed by atoms with Crippen molar-refractivity contribution in [2.45, 2.75) is 113 Å². The standard InChI is InChI=1S/C24H25N3O5S.C24H23N3O2S2.C23H22FN3O4S/c1-32-17-9-6-15(7-10-17)13-27-22(29)18-4-2-3-5-19(18)23(27)33-14-21(28)26-20-11-8-16(12-25-20)24(30)31;28-22(26-21-7-3-4-11-25-21)15-31-24-19-6-2-1-5-18(19)23(29)27(24)14-16-8-9-17-10-12-30-20(17)13-16;24-16-8-5-14(6-9-16)12-27-21(29)17-3-1-2-4-18(17)22(27)32-13-20(28)26-19-10-7-15(11-25-19)23(30)31/h6-12,23H,2-5,13-14H2,1H3,(H,30,31)(H,25,26,28);3-4,7-13,24H,1-2,5-6,14-15H2,(H,25,26,28);5-11,22H,1-4,12-13H2,(H,30,31)(H,25,26,28). The van der Waals surface area contributed by atoms with Crippen molar-refractivity contribution in [3.8, 4) is 5.75 Å². The summed E-state index contributed by atoms with van der Waals surface area (Å²) in [5, 5.41) is 28.9. The van der Waals surface area contributed by atoms with E-state index in [1.807, 2.05) is 46.2 Å². The number of nitrogens with zero attached hydrogens (tertiary/aromatic N) is 6. The Morgan fingerprint density at radius 2 is 0.938 bits per heavy atom. The average molecular weight is 1370 g/mol. The Hall–Kier alpha value is -9.17.